The second-order valence-electron chi connectivity index (χ2n) is 8.14. The first-order valence-electron chi connectivity index (χ1n) is 10.8. The third-order valence-corrected chi connectivity index (χ3v) is 6.08. The quantitative estimate of drug-likeness (QED) is 0.700. The molecule has 5 rings (SSSR count). The van der Waals surface area contributed by atoms with Crippen LogP contribution in [0.5, 0.6) is 5.75 Å². The van der Waals surface area contributed by atoms with Crippen LogP contribution in [0.3, 0.4) is 0 Å². The van der Waals surface area contributed by atoms with Gasteiger partial charge in [0.05, 0.1) is 13.2 Å². The Hall–Kier alpha value is -3.88. The lowest BCUT2D eigenvalue weighted by Gasteiger charge is -2.40. The number of benzene rings is 2. The summed E-state index contributed by atoms with van der Waals surface area (Å²) in [4.78, 5) is 37.5. The number of carbonyl (C=O) groups excluding carboxylic acids is 2. The largest absolute Gasteiger partial charge is 0.494 e. The number of carbonyl (C=O) groups is 2. The number of hydrogen-bond donors (Lipinski definition) is 0. The highest BCUT2D eigenvalue weighted by atomic mass is 19.1. The standard InChI is InChI=1S/C24H24FN5O3/c1-4-33-18-11-9-17(10-12-18)30-15(2)13-28-20-21(26-23(28)30)27(3)24(32)29(22(20)31)14-16-7-5-6-8-19(16)25/h5-13,20-21H,4,14H2,1-3H3. The monoisotopic (exact) mass is 449 g/mol. The Morgan fingerprint density at radius 1 is 1.09 bits per heavy atom. The molecule has 170 valence electrons. The van der Waals surface area contributed by atoms with Crippen molar-refractivity contribution in [1.82, 2.24) is 14.7 Å². The lowest BCUT2D eigenvalue weighted by Crippen LogP contribution is -2.63. The Morgan fingerprint density at radius 2 is 1.82 bits per heavy atom. The molecule has 0 spiro atoms. The van der Waals surface area contributed by atoms with Crippen molar-refractivity contribution in [2.24, 2.45) is 4.99 Å². The number of imide groups is 1. The molecule has 0 bridgehead atoms. The first kappa shape index (κ1) is 21.0. The van der Waals surface area contributed by atoms with Crippen LogP contribution in [0, 0.1) is 5.82 Å². The molecule has 0 radical (unpaired) electrons. The molecule has 9 heteroatoms. The van der Waals surface area contributed by atoms with Crippen molar-refractivity contribution in [3.8, 4) is 5.75 Å². The van der Waals surface area contributed by atoms with E-state index in [1.165, 1.54) is 11.0 Å². The molecule has 3 amide bonds. The summed E-state index contributed by atoms with van der Waals surface area (Å²) in [5.41, 5.74) is 2.05. The number of rotatable bonds is 5. The minimum absolute atomic E-state index is 0.133. The molecule has 2 unspecified atom stereocenters. The first-order chi connectivity index (χ1) is 15.9. The van der Waals surface area contributed by atoms with E-state index in [2.05, 4.69) is 0 Å². The Morgan fingerprint density at radius 3 is 2.52 bits per heavy atom. The van der Waals surface area contributed by atoms with Crippen LogP contribution in [-0.2, 0) is 11.3 Å². The SMILES string of the molecule is CCOc1ccc(N2C(C)=CN3C2=NC2C3C(=O)N(Cc3ccccc3F)C(=O)N2C)cc1. The van der Waals surface area contributed by atoms with E-state index in [-0.39, 0.29) is 12.1 Å². The lowest BCUT2D eigenvalue weighted by molar-refractivity contribution is -0.137. The fourth-order valence-electron chi connectivity index (χ4n) is 4.47. The van der Waals surface area contributed by atoms with E-state index in [0.29, 0.717) is 12.6 Å². The molecule has 3 aliphatic heterocycles. The van der Waals surface area contributed by atoms with Crippen LogP contribution >= 0.6 is 0 Å². The maximum absolute atomic E-state index is 14.2. The summed E-state index contributed by atoms with van der Waals surface area (Å²) >= 11 is 0. The maximum Gasteiger partial charge on any atom is 0.328 e. The Labute approximate surface area is 191 Å². The minimum atomic E-state index is -0.711. The third-order valence-electron chi connectivity index (χ3n) is 6.08. The average molecular weight is 449 g/mol. The van der Waals surface area contributed by atoms with Gasteiger partial charge in [0.1, 0.15) is 11.6 Å². The number of anilines is 1. The molecule has 0 N–H and O–H groups in total. The molecule has 2 aromatic carbocycles. The van der Waals surface area contributed by atoms with Crippen molar-refractivity contribution >= 4 is 23.6 Å². The minimum Gasteiger partial charge on any atom is -0.494 e. The number of fused-ring (bicyclic) bond motifs is 3. The van der Waals surface area contributed by atoms with Crippen LogP contribution in [0.4, 0.5) is 14.9 Å². The third kappa shape index (κ3) is 3.31. The number of aliphatic imine (C=N–C) groups is 1. The van der Waals surface area contributed by atoms with E-state index in [9.17, 15) is 14.0 Å². The summed E-state index contributed by atoms with van der Waals surface area (Å²) in [6, 6.07) is 12.6. The molecule has 0 saturated carbocycles. The van der Waals surface area contributed by atoms with Gasteiger partial charge >= 0.3 is 6.03 Å². The molecule has 3 heterocycles. The van der Waals surface area contributed by atoms with Crippen LogP contribution in [0.25, 0.3) is 0 Å². The Bertz CT molecular complexity index is 1180. The maximum atomic E-state index is 14.2. The van der Waals surface area contributed by atoms with E-state index in [1.54, 1.807) is 30.1 Å². The van der Waals surface area contributed by atoms with Gasteiger partial charge in [0.15, 0.2) is 12.2 Å². The fraction of sp³-hybridized carbons (Fsp3) is 0.292. The summed E-state index contributed by atoms with van der Waals surface area (Å²) in [6.07, 6.45) is 1.20. The van der Waals surface area contributed by atoms with E-state index in [1.807, 2.05) is 49.2 Å². The van der Waals surface area contributed by atoms with Crippen molar-refractivity contribution in [3.05, 3.63) is 71.8 Å². The van der Waals surface area contributed by atoms with Gasteiger partial charge in [-0.15, -0.1) is 0 Å². The Kier molecular flexibility index (Phi) is 5.03. The summed E-state index contributed by atoms with van der Waals surface area (Å²) in [5.74, 6) is 0.491. The van der Waals surface area contributed by atoms with Crippen LogP contribution in [-0.4, -0.2) is 58.5 Å². The predicted octanol–water partition coefficient (Wildman–Crippen LogP) is 3.37. The predicted molar refractivity (Wildman–Crippen MR) is 121 cm³/mol. The molecule has 33 heavy (non-hydrogen) atoms. The van der Waals surface area contributed by atoms with Gasteiger partial charge in [0, 0.05) is 30.2 Å². The smallest absolute Gasteiger partial charge is 0.328 e. The van der Waals surface area contributed by atoms with Crippen molar-refractivity contribution in [3.63, 3.8) is 0 Å². The van der Waals surface area contributed by atoms with Gasteiger partial charge in [-0.2, -0.15) is 0 Å². The second kappa shape index (κ2) is 7.91. The molecular weight excluding hydrogens is 425 g/mol. The van der Waals surface area contributed by atoms with Gasteiger partial charge in [-0.25, -0.2) is 14.2 Å². The summed E-state index contributed by atoms with van der Waals surface area (Å²) in [7, 11) is 1.62. The number of urea groups is 1. The molecule has 2 atom stereocenters. The highest BCUT2D eigenvalue weighted by Gasteiger charge is 2.54. The zero-order valence-corrected chi connectivity index (χ0v) is 18.6. The highest BCUT2D eigenvalue weighted by Crippen LogP contribution is 2.37. The van der Waals surface area contributed by atoms with E-state index in [0.717, 1.165) is 22.0 Å². The number of amides is 3. The summed E-state index contributed by atoms with van der Waals surface area (Å²) < 4.78 is 19.8. The number of likely N-dealkylation sites (N-methyl/N-ethyl adjacent to an activating group) is 1. The second-order valence-corrected chi connectivity index (χ2v) is 8.14. The molecule has 1 saturated heterocycles. The average Bonchev–Trinajstić information content (AvgIpc) is 3.32. The van der Waals surface area contributed by atoms with Crippen molar-refractivity contribution < 1.29 is 18.7 Å². The number of guanidine groups is 1. The number of nitrogens with zero attached hydrogens (tertiary/aromatic N) is 5. The van der Waals surface area contributed by atoms with Gasteiger partial charge in [-0.1, -0.05) is 18.2 Å². The summed E-state index contributed by atoms with van der Waals surface area (Å²) in [6.45, 7) is 4.31. The molecule has 3 aliphatic rings. The van der Waals surface area contributed by atoms with E-state index in [4.69, 9.17) is 9.73 Å². The van der Waals surface area contributed by atoms with Crippen molar-refractivity contribution in [2.45, 2.75) is 32.6 Å². The fourth-order valence-corrected chi connectivity index (χ4v) is 4.47. The Balaban J connectivity index is 1.45. The molecule has 0 aliphatic carbocycles. The number of halogens is 1. The van der Waals surface area contributed by atoms with Crippen molar-refractivity contribution in [2.75, 3.05) is 18.6 Å². The zero-order chi connectivity index (χ0) is 23.3. The van der Waals surface area contributed by atoms with Crippen LogP contribution in [0.2, 0.25) is 0 Å². The molecule has 8 nitrogen and oxygen atoms in total. The van der Waals surface area contributed by atoms with Gasteiger partial charge in [0.2, 0.25) is 5.96 Å². The van der Waals surface area contributed by atoms with Gasteiger partial charge in [0.25, 0.3) is 5.91 Å². The van der Waals surface area contributed by atoms with Gasteiger partial charge in [-0.3, -0.25) is 14.6 Å². The van der Waals surface area contributed by atoms with Crippen LogP contribution < -0.4 is 9.64 Å². The lowest BCUT2D eigenvalue weighted by atomic mass is 10.1. The van der Waals surface area contributed by atoms with Gasteiger partial charge in [-0.05, 0) is 44.2 Å². The van der Waals surface area contributed by atoms with Crippen LogP contribution in [0.1, 0.15) is 19.4 Å². The molecule has 0 aromatic heterocycles. The number of ether oxygens (including phenoxy) is 1. The first-order valence-corrected chi connectivity index (χ1v) is 10.8. The van der Waals surface area contributed by atoms with Gasteiger partial charge < -0.3 is 14.5 Å². The normalized spacial score (nSPS) is 21.8. The number of allylic oxidation sites excluding steroid dienone is 1. The van der Waals surface area contributed by atoms with E-state index >= 15 is 0 Å². The van der Waals surface area contributed by atoms with Crippen molar-refractivity contribution in [1.29, 1.82) is 0 Å². The molecule has 2 aromatic rings. The molecular formula is C24H24FN5O3. The highest BCUT2D eigenvalue weighted by molar-refractivity contribution is 6.09. The van der Waals surface area contributed by atoms with E-state index < -0.39 is 30.0 Å². The number of hydrogen-bond acceptors (Lipinski definition) is 6. The summed E-state index contributed by atoms with van der Waals surface area (Å²) in [5, 5.41) is 0. The molecule has 1 fully saturated rings. The zero-order valence-electron chi connectivity index (χ0n) is 18.6. The topological polar surface area (TPSA) is 68.7 Å². The van der Waals surface area contributed by atoms with Crippen LogP contribution in [0.15, 0.2) is 65.4 Å².